The maximum absolute atomic E-state index is 12.4. The SMILES string of the molecule is CC(=O)c1coc(Sc2ccc(C(=O)N[C@@H]3C[C@H]4CC[C@@H]3N4)cc2)c1. The number of nitrogens with one attached hydrogen (secondary N) is 2. The van der Waals surface area contributed by atoms with E-state index in [0.29, 0.717) is 28.3 Å². The van der Waals surface area contributed by atoms with Crippen molar-refractivity contribution < 1.29 is 14.0 Å². The Morgan fingerprint density at radius 3 is 2.60 bits per heavy atom. The Hall–Kier alpha value is -2.05. The molecule has 2 N–H and O–H groups in total. The molecule has 3 atom stereocenters. The molecule has 130 valence electrons. The predicted molar refractivity (Wildman–Crippen MR) is 95.1 cm³/mol. The Bertz CT molecular complexity index is 799. The van der Waals surface area contributed by atoms with Crippen molar-refractivity contribution >= 4 is 23.5 Å². The fourth-order valence-corrected chi connectivity index (χ4v) is 4.37. The largest absolute Gasteiger partial charge is 0.457 e. The fraction of sp³-hybridized carbons (Fsp3) is 0.368. The van der Waals surface area contributed by atoms with E-state index in [1.807, 2.05) is 24.3 Å². The van der Waals surface area contributed by atoms with Crippen molar-refractivity contribution in [3.05, 3.63) is 47.7 Å². The summed E-state index contributed by atoms with van der Waals surface area (Å²) < 4.78 is 5.38. The van der Waals surface area contributed by atoms with Crippen LogP contribution in [0.4, 0.5) is 0 Å². The van der Waals surface area contributed by atoms with E-state index in [4.69, 9.17) is 4.42 Å². The number of Topliss-reactive ketones (excluding diaryl/α,β-unsaturated/α-hetero) is 1. The van der Waals surface area contributed by atoms with Gasteiger partial charge in [0.2, 0.25) is 0 Å². The van der Waals surface area contributed by atoms with E-state index >= 15 is 0 Å². The molecule has 5 nitrogen and oxygen atoms in total. The van der Waals surface area contributed by atoms with Crippen molar-refractivity contribution in [3.63, 3.8) is 0 Å². The van der Waals surface area contributed by atoms with Crippen molar-refractivity contribution in [2.24, 2.45) is 0 Å². The molecule has 2 aliphatic rings. The Labute approximate surface area is 150 Å². The summed E-state index contributed by atoms with van der Waals surface area (Å²) in [6.45, 7) is 1.51. The first kappa shape index (κ1) is 16.4. The minimum atomic E-state index is -0.0206. The highest BCUT2D eigenvalue weighted by molar-refractivity contribution is 7.99. The van der Waals surface area contributed by atoms with E-state index in [9.17, 15) is 9.59 Å². The first-order valence-corrected chi connectivity index (χ1v) is 9.34. The van der Waals surface area contributed by atoms with E-state index < -0.39 is 0 Å². The number of rotatable bonds is 5. The van der Waals surface area contributed by atoms with Crippen LogP contribution in [0.15, 0.2) is 51.0 Å². The number of furan rings is 1. The minimum absolute atomic E-state index is 0.0160. The van der Waals surface area contributed by atoms with E-state index in [1.54, 1.807) is 6.07 Å². The third-order valence-corrected chi connectivity index (χ3v) is 5.86. The average molecular weight is 356 g/mol. The molecule has 25 heavy (non-hydrogen) atoms. The van der Waals surface area contributed by atoms with Crippen molar-refractivity contribution in [1.29, 1.82) is 0 Å². The quantitative estimate of drug-likeness (QED) is 0.805. The molecule has 2 aliphatic heterocycles. The van der Waals surface area contributed by atoms with Crippen LogP contribution < -0.4 is 10.6 Å². The van der Waals surface area contributed by atoms with Gasteiger partial charge in [0.15, 0.2) is 10.9 Å². The van der Waals surface area contributed by atoms with E-state index in [0.717, 1.165) is 17.7 Å². The summed E-state index contributed by atoms with van der Waals surface area (Å²) >= 11 is 1.43. The molecule has 0 aliphatic carbocycles. The summed E-state index contributed by atoms with van der Waals surface area (Å²) in [7, 11) is 0. The van der Waals surface area contributed by atoms with Gasteiger partial charge < -0.3 is 15.1 Å². The number of carbonyl (C=O) groups is 2. The lowest BCUT2D eigenvalue weighted by Gasteiger charge is -2.21. The molecule has 3 heterocycles. The van der Waals surface area contributed by atoms with Crippen molar-refractivity contribution in [3.8, 4) is 0 Å². The third-order valence-electron chi connectivity index (χ3n) is 4.93. The Balaban J connectivity index is 1.37. The number of hydrogen-bond acceptors (Lipinski definition) is 5. The highest BCUT2D eigenvalue weighted by Gasteiger charge is 2.39. The first-order valence-electron chi connectivity index (χ1n) is 8.53. The van der Waals surface area contributed by atoms with Crippen LogP contribution in [0.3, 0.4) is 0 Å². The zero-order valence-electron chi connectivity index (χ0n) is 14.0. The van der Waals surface area contributed by atoms with Crippen LogP contribution in [0.25, 0.3) is 0 Å². The number of carbonyl (C=O) groups excluding carboxylic acids is 2. The summed E-state index contributed by atoms with van der Waals surface area (Å²) in [5.74, 6) is -0.0366. The van der Waals surface area contributed by atoms with E-state index in [1.165, 1.54) is 31.4 Å². The van der Waals surface area contributed by atoms with Gasteiger partial charge in [0, 0.05) is 34.7 Å². The van der Waals surface area contributed by atoms with Crippen LogP contribution in [0.5, 0.6) is 0 Å². The summed E-state index contributed by atoms with van der Waals surface area (Å²) in [6.07, 6.45) is 4.87. The van der Waals surface area contributed by atoms with Gasteiger partial charge in [0.25, 0.3) is 5.91 Å². The van der Waals surface area contributed by atoms with Gasteiger partial charge in [-0.2, -0.15) is 0 Å². The van der Waals surface area contributed by atoms with Crippen molar-refractivity contribution in [2.45, 2.75) is 54.3 Å². The number of amides is 1. The Morgan fingerprint density at radius 1 is 1.20 bits per heavy atom. The van der Waals surface area contributed by atoms with Gasteiger partial charge in [-0.05, 0) is 50.5 Å². The minimum Gasteiger partial charge on any atom is -0.457 e. The smallest absolute Gasteiger partial charge is 0.251 e. The lowest BCUT2D eigenvalue weighted by atomic mass is 9.95. The number of fused-ring (bicyclic) bond motifs is 2. The molecular weight excluding hydrogens is 336 g/mol. The summed E-state index contributed by atoms with van der Waals surface area (Å²) in [6, 6.07) is 10.4. The molecule has 0 radical (unpaired) electrons. The maximum Gasteiger partial charge on any atom is 0.251 e. The highest BCUT2D eigenvalue weighted by atomic mass is 32.2. The second-order valence-electron chi connectivity index (χ2n) is 6.70. The Morgan fingerprint density at radius 2 is 2.00 bits per heavy atom. The second-order valence-corrected chi connectivity index (χ2v) is 7.78. The Kier molecular flexibility index (Phi) is 4.39. The van der Waals surface area contributed by atoms with Crippen LogP contribution in [-0.4, -0.2) is 29.8 Å². The molecule has 4 rings (SSSR count). The van der Waals surface area contributed by atoms with Crippen molar-refractivity contribution in [2.75, 3.05) is 0 Å². The molecule has 1 amide bonds. The second kappa shape index (κ2) is 6.69. The van der Waals surface area contributed by atoms with Crippen molar-refractivity contribution in [1.82, 2.24) is 10.6 Å². The first-order chi connectivity index (χ1) is 12.1. The molecule has 1 aromatic heterocycles. The summed E-state index contributed by atoms with van der Waals surface area (Å²) in [5.41, 5.74) is 1.23. The van der Waals surface area contributed by atoms with Crippen LogP contribution >= 0.6 is 11.8 Å². The number of ketones is 1. The normalized spacial score (nSPS) is 24.4. The van der Waals surface area contributed by atoms with Gasteiger partial charge in [-0.25, -0.2) is 0 Å². The van der Waals surface area contributed by atoms with Gasteiger partial charge in [-0.3, -0.25) is 9.59 Å². The average Bonchev–Trinajstić information content (AvgIpc) is 3.32. The molecule has 2 saturated heterocycles. The van der Waals surface area contributed by atoms with E-state index in [2.05, 4.69) is 10.6 Å². The molecule has 0 unspecified atom stereocenters. The maximum atomic E-state index is 12.4. The highest BCUT2D eigenvalue weighted by Crippen LogP contribution is 2.30. The predicted octanol–water partition coefficient (Wildman–Crippen LogP) is 3.26. The monoisotopic (exact) mass is 356 g/mol. The molecule has 2 fully saturated rings. The van der Waals surface area contributed by atoms with Crippen LogP contribution in [0.1, 0.15) is 46.9 Å². The summed E-state index contributed by atoms with van der Waals surface area (Å²) in [4.78, 5) is 24.7. The molecule has 1 aromatic carbocycles. The van der Waals surface area contributed by atoms with Crippen LogP contribution in [0, 0.1) is 0 Å². The third kappa shape index (κ3) is 3.50. The van der Waals surface area contributed by atoms with Crippen LogP contribution in [-0.2, 0) is 0 Å². The van der Waals surface area contributed by atoms with Gasteiger partial charge in [0.05, 0.1) is 5.56 Å². The van der Waals surface area contributed by atoms with Gasteiger partial charge in [-0.15, -0.1) is 0 Å². The number of hydrogen-bond donors (Lipinski definition) is 2. The number of benzene rings is 1. The van der Waals surface area contributed by atoms with Gasteiger partial charge in [-0.1, -0.05) is 11.8 Å². The molecule has 2 bridgehead atoms. The summed E-state index contributed by atoms with van der Waals surface area (Å²) in [5, 5.41) is 7.34. The van der Waals surface area contributed by atoms with Gasteiger partial charge >= 0.3 is 0 Å². The molecular formula is C19H20N2O3S. The molecule has 6 heteroatoms. The molecule has 2 aromatic rings. The zero-order chi connectivity index (χ0) is 17.4. The standard InChI is InChI=1S/C19H20N2O3S/c1-11(22)13-8-18(24-10-13)25-15-5-2-12(3-6-15)19(23)21-17-9-14-4-7-16(17)20-14/h2-3,5-6,8,10,14,16-17,20H,4,7,9H2,1H3,(H,21,23)/t14-,16+,17-/m1/s1. The van der Waals surface area contributed by atoms with E-state index in [-0.39, 0.29) is 17.7 Å². The fourth-order valence-electron chi connectivity index (χ4n) is 3.58. The zero-order valence-corrected chi connectivity index (χ0v) is 14.8. The molecule has 0 spiro atoms. The topological polar surface area (TPSA) is 71.3 Å². The molecule has 0 saturated carbocycles. The van der Waals surface area contributed by atoms with Gasteiger partial charge in [0.1, 0.15) is 6.26 Å². The lowest BCUT2D eigenvalue weighted by Crippen LogP contribution is -2.42. The van der Waals surface area contributed by atoms with Crippen LogP contribution in [0.2, 0.25) is 0 Å². The lowest BCUT2D eigenvalue weighted by molar-refractivity contribution is 0.0930.